The molecule has 0 spiro atoms. The van der Waals surface area contributed by atoms with Crippen LogP contribution in [0.15, 0.2) is 0 Å². The van der Waals surface area contributed by atoms with E-state index in [-0.39, 0.29) is 31.0 Å². The van der Waals surface area contributed by atoms with Crippen LogP contribution in [0.5, 0.6) is 0 Å². The number of rotatable bonds is 9. The predicted molar refractivity (Wildman–Crippen MR) is 73.6 cm³/mol. The van der Waals surface area contributed by atoms with E-state index in [1.807, 2.05) is 0 Å². The van der Waals surface area contributed by atoms with Gasteiger partial charge in [0.25, 0.3) is 5.78 Å². The zero-order valence-electron chi connectivity index (χ0n) is 11.8. The number of thioether (sulfide) groups is 1. The molecule has 21 heavy (non-hydrogen) atoms. The first-order valence-corrected chi connectivity index (χ1v) is 7.09. The van der Waals surface area contributed by atoms with Gasteiger partial charge in [-0.15, -0.1) is 0 Å². The van der Waals surface area contributed by atoms with Crippen LogP contribution in [0.3, 0.4) is 0 Å². The summed E-state index contributed by atoms with van der Waals surface area (Å²) in [7, 11) is 1.18. The minimum absolute atomic E-state index is 0.0585. The number of hydrogen-bond acceptors (Lipinski definition) is 7. The van der Waals surface area contributed by atoms with Crippen LogP contribution < -0.4 is 0 Å². The summed E-state index contributed by atoms with van der Waals surface area (Å²) in [5, 5.41) is -0.365. The lowest BCUT2D eigenvalue weighted by Gasteiger charge is -2.00. The number of ketones is 1. The quantitative estimate of drug-likeness (QED) is 0.150. The van der Waals surface area contributed by atoms with Crippen molar-refractivity contribution in [2.75, 3.05) is 19.5 Å². The number of methoxy groups -OCH3 is 1. The van der Waals surface area contributed by atoms with Gasteiger partial charge in [0.1, 0.15) is 6.42 Å². The van der Waals surface area contributed by atoms with Gasteiger partial charge in [0.15, 0.2) is 5.12 Å². The molecular formula is C12H16N2O6S. The largest absolute Gasteiger partial charge is 0.469 e. The molecule has 0 rings (SSSR count). The minimum atomic E-state index is -0.987. The molecule has 0 aromatic heterocycles. The summed E-state index contributed by atoms with van der Waals surface area (Å²) < 4.78 is 8.89. The molecule has 0 N–H and O–H groups in total. The summed E-state index contributed by atoms with van der Waals surface area (Å²) in [6.45, 7) is 1.62. The Morgan fingerprint density at radius 3 is 2.43 bits per heavy atom. The molecule has 0 bridgehead atoms. The number of carbonyl (C=O) groups is 4. The second-order valence-corrected chi connectivity index (χ2v) is 4.82. The van der Waals surface area contributed by atoms with Crippen molar-refractivity contribution in [2.45, 2.75) is 26.2 Å². The molecule has 0 aromatic carbocycles. The Balaban J connectivity index is 4.09. The maximum atomic E-state index is 11.6. The fourth-order valence-electron chi connectivity index (χ4n) is 1.19. The average Bonchev–Trinajstić information content (AvgIpc) is 2.44. The van der Waals surface area contributed by atoms with E-state index in [0.29, 0.717) is 5.75 Å². The number of hydrogen-bond donors (Lipinski definition) is 0. The molecule has 0 atom stereocenters. The van der Waals surface area contributed by atoms with Crippen LogP contribution in [0.25, 0.3) is 5.53 Å². The van der Waals surface area contributed by atoms with E-state index in [2.05, 4.69) is 14.3 Å². The fraction of sp³-hybridized carbons (Fsp3) is 0.583. The van der Waals surface area contributed by atoms with Crippen LogP contribution in [0.1, 0.15) is 26.2 Å². The van der Waals surface area contributed by atoms with E-state index in [9.17, 15) is 19.2 Å². The van der Waals surface area contributed by atoms with Gasteiger partial charge >= 0.3 is 17.7 Å². The first kappa shape index (κ1) is 19.0. The standard InChI is InChI=1S/C12H16N2O6S/c1-3-20-12(18)11(14-13)8(15)5-4-6-21-10(17)7-9(16)19-2/h3-7H2,1-2H3. The molecule has 0 amide bonds. The van der Waals surface area contributed by atoms with Crippen LogP contribution in [0.2, 0.25) is 0 Å². The number of Topliss-reactive ketones (excluding diaryl/α,β-unsaturated/α-hetero) is 1. The number of nitrogens with zero attached hydrogens (tertiary/aromatic N) is 2. The van der Waals surface area contributed by atoms with Crippen molar-refractivity contribution in [2.24, 2.45) is 0 Å². The molecule has 0 saturated heterocycles. The highest BCUT2D eigenvalue weighted by Crippen LogP contribution is 2.09. The van der Waals surface area contributed by atoms with E-state index in [1.54, 1.807) is 6.92 Å². The monoisotopic (exact) mass is 316 g/mol. The Kier molecular flexibility index (Phi) is 9.74. The summed E-state index contributed by atoms with van der Waals surface area (Å²) in [5.41, 5.74) is 7.96. The molecule has 0 fully saturated rings. The summed E-state index contributed by atoms with van der Waals surface area (Å²) in [6.07, 6.45) is -0.118. The number of ether oxygens (including phenoxy) is 2. The van der Waals surface area contributed by atoms with Crippen molar-refractivity contribution in [1.29, 1.82) is 0 Å². The molecule has 0 unspecified atom stereocenters. The first-order chi connectivity index (χ1) is 9.96. The molecule has 116 valence electrons. The van der Waals surface area contributed by atoms with Crippen molar-refractivity contribution in [1.82, 2.24) is 0 Å². The first-order valence-electron chi connectivity index (χ1n) is 6.11. The van der Waals surface area contributed by atoms with Crippen LogP contribution in [-0.2, 0) is 28.7 Å². The summed E-state index contributed by atoms with van der Waals surface area (Å²) in [5.74, 6) is -1.99. The van der Waals surface area contributed by atoms with Gasteiger partial charge in [-0.3, -0.25) is 14.4 Å². The Labute approximate surface area is 125 Å². The Bertz CT molecular complexity index is 470. The van der Waals surface area contributed by atoms with Gasteiger partial charge in [-0.1, -0.05) is 11.8 Å². The van der Waals surface area contributed by atoms with Gasteiger partial charge in [0.2, 0.25) is 0 Å². The summed E-state index contributed by atoms with van der Waals surface area (Å²) in [4.78, 5) is 47.6. The topological polar surface area (TPSA) is 123 Å². The lowest BCUT2D eigenvalue weighted by molar-refractivity contribution is -0.143. The molecule has 0 radical (unpaired) electrons. The van der Waals surface area contributed by atoms with Crippen LogP contribution in [-0.4, -0.2) is 52.8 Å². The van der Waals surface area contributed by atoms with Gasteiger partial charge in [0.05, 0.1) is 13.7 Å². The van der Waals surface area contributed by atoms with Gasteiger partial charge in [-0.25, -0.2) is 4.79 Å². The Hall–Kier alpha value is -1.99. The third-order valence-corrected chi connectivity index (χ3v) is 3.12. The van der Waals surface area contributed by atoms with Crippen molar-refractivity contribution in [3.8, 4) is 0 Å². The maximum absolute atomic E-state index is 11.6. The van der Waals surface area contributed by atoms with Gasteiger partial charge < -0.3 is 15.0 Å². The predicted octanol–water partition coefficient (Wildman–Crippen LogP) is 0.392. The highest BCUT2D eigenvalue weighted by molar-refractivity contribution is 8.13. The fourth-order valence-corrected chi connectivity index (χ4v) is 1.92. The molecule has 0 aliphatic heterocycles. The normalized spacial score (nSPS) is 9.43. The average molecular weight is 316 g/mol. The number of carbonyl (C=O) groups excluding carboxylic acids is 4. The molecule has 0 saturated carbocycles. The summed E-state index contributed by atoms with van der Waals surface area (Å²) in [6, 6.07) is 0. The lowest BCUT2D eigenvalue weighted by atomic mass is 10.1. The lowest BCUT2D eigenvalue weighted by Crippen LogP contribution is -2.27. The molecule has 0 heterocycles. The highest BCUT2D eigenvalue weighted by atomic mass is 32.2. The molecule has 9 heteroatoms. The van der Waals surface area contributed by atoms with Gasteiger partial charge in [-0.2, -0.15) is 4.79 Å². The second-order valence-electron chi connectivity index (χ2n) is 3.67. The van der Waals surface area contributed by atoms with E-state index in [4.69, 9.17) is 5.53 Å². The SMILES string of the molecule is CCOC(=O)C(=[N+]=[N-])C(=O)CCCSC(=O)CC(=O)OC. The van der Waals surface area contributed by atoms with Crippen molar-refractivity contribution < 1.29 is 33.4 Å². The van der Waals surface area contributed by atoms with E-state index in [0.717, 1.165) is 11.8 Å². The Morgan fingerprint density at radius 2 is 1.90 bits per heavy atom. The van der Waals surface area contributed by atoms with E-state index < -0.39 is 23.4 Å². The Morgan fingerprint density at radius 1 is 1.24 bits per heavy atom. The van der Waals surface area contributed by atoms with Crippen LogP contribution in [0.4, 0.5) is 0 Å². The van der Waals surface area contributed by atoms with E-state index >= 15 is 0 Å². The van der Waals surface area contributed by atoms with Crippen molar-refractivity contribution >= 4 is 40.3 Å². The highest BCUT2D eigenvalue weighted by Gasteiger charge is 2.30. The molecule has 0 aliphatic rings. The summed E-state index contributed by atoms with van der Waals surface area (Å²) >= 11 is 0.890. The second kappa shape index (κ2) is 10.8. The zero-order chi connectivity index (χ0) is 16.3. The van der Waals surface area contributed by atoms with E-state index in [1.165, 1.54) is 7.11 Å². The van der Waals surface area contributed by atoms with Gasteiger partial charge in [0, 0.05) is 12.2 Å². The van der Waals surface area contributed by atoms with Crippen LogP contribution >= 0.6 is 11.8 Å². The zero-order valence-corrected chi connectivity index (χ0v) is 12.6. The third kappa shape index (κ3) is 8.01. The van der Waals surface area contributed by atoms with Crippen molar-refractivity contribution in [3.63, 3.8) is 0 Å². The van der Waals surface area contributed by atoms with Gasteiger partial charge in [-0.05, 0) is 13.3 Å². The smallest absolute Gasteiger partial charge is 0.441 e. The molecular weight excluding hydrogens is 300 g/mol. The van der Waals surface area contributed by atoms with Crippen molar-refractivity contribution in [3.05, 3.63) is 5.53 Å². The molecule has 0 aromatic rings. The maximum Gasteiger partial charge on any atom is 0.441 e. The third-order valence-electron chi connectivity index (χ3n) is 2.16. The molecule has 8 nitrogen and oxygen atoms in total. The molecule has 0 aliphatic carbocycles. The van der Waals surface area contributed by atoms with Crippen LogP contribution in [0, 0.1) is 0 Å². The minimum Gasteiger partial charge on any atom is -0.469 e. The number of esters is 2.